The molecular formula is C17H17N3O2S. The lowest BCUT2D eigenvalue weighted by molar-refractivity contribution is 0.470. The van der Waals surface area contributed by atoms with E-state index < -0.39 is 0 Å². The third-order valence-electron chi connectivity index (χ3n) is 3.80. The van der Waals surface area contributed by atoms with Crippen molar-refractivity contribution in [3.8, 4) is 17.2 Å². The van der Waals surface area contributed by atoms with Crippen LogP contribution in [-0.2, 0) is 0 Å². The summed E-state index contributed by atoms with van der Waals surface area (Å²) in [6, 6.07) is 7.39. The van der Waals surface area contributed by atoms with Crippen LogP contribution in [0.4, 0.5) is 5.69 Å². The van der Waals surface area contributed by atoms with Crippen molar-refractivity contribution in [2.24, 2.45) is 5.73 Å². The average molecular weight is 327 g/mol. The van der Waals surface area contributed by atoms with Gasteiger partial charge in [-0.3, -0.25) is 0 Å². The maximum absolute atomic E-state index is 10.4. The van der Waals surface area contributed by atoms with Crippen molar-refractivity contribution in [1.82, 2.24) is 4.98 Å². The Kier molecular flexibility index (Phi) is 3.69. The van der Waals surface area contributed by atoms with E-state index in [-0.39, 0.29) is 10.9 Å². The van der Waals surface area contributed by atoms with Crippen molar-refractivity contribution in [3.63, 3.8) is 0 Å². The molecule has 3 rings (SSSR count). The van der Waals surface area contributed by atoms with Gasteiger partial charge in [0.05, 0.1) is 5.56 Å². The lowest BCUT2D eigenvalue weighted by atomic mass is 10.1. The molecule has 4 N–H and O–H groups in total. The Morgan fingerprint density at radius 3 is 2.52 bits per heavy atom. The van der Waals surface area contributed by atoms with Gasteiger partial charge in [0.25, 0.3) is 0 Å². The quantitative estimate of drug-likeness (QED) is 0.491. The summed E-state index contributed by atoms with van der Waals surface area (Å²) in [7, 11) is 0. The number of hydrogen-bond acceptors (Lipinski definition) is 4. The Morgan fingerprint density at radius 1 is 1.13 bits per heavy atom. The van der Waals surface area contributed by atoms with Crippen LogP contribution in [-0.4, -0.2) is 15.2 Å². The molecule has 0 unspecified atom stereocenters. The average Bonchev–Trinajstić information content (AvgIpc) is 2.85. The second-order valence-corrected chi connectivity index (χ2v) is 6.04. The van der Waals surface area contributed by atoms with E-state index in [9.17, 15) is 5.11 Å². The summed E-state index contributed by atoms with van der Waals surface area (Å²) in [6.45, 7) is 5.84. The van der Waals surface area contributed by atoms with Crippen LogP contribution >= 0.6 is 12.2 Å². The molecule has 0 radical (unpaired) electrons. The maximum atomic E-state index is 10.4. The zero-order chi connectivity index (χ0) is 16.7. The third kappa shape index (κ3) is 2.85. The number of phenols is 1. The number of thiocarbonyl (C=S) groups is 1. The van der Waals surface area contributed by atoms with Gasteiger partial charge in [0.15, 0.2) is 10.7 Å². The number of aromatic hydroxyl groups is 1. The summed E-state index contributed by atoms with van der Waals surface area (Å²) < 4.78 is 5.82. The zero-order valence-corrected chi connectivity index (χ0v) is 13.9. The molecule has 3 aromatic rings. The van der Waals surface area contributed by atoms with Gasteiger partial charge in [0.2, 0.25) is 5.89 Å². The van der Waals surface area contributed by atoms with E-state index in [1.54, 1.807) is 19.1 Å². The molecule has 0 saturated carbocycles. The molecule has 6 heteroatoms. The Morgan fingerprint density at radius 2 is 1.83 bits per heavy atom. The van der Waals surface area contributed by atoms with Crippen LogP contribution in [0.1, 0.15) is 16.7 Å². The van der Waals surface area contributed by atoms with Crippen LogP contribution in [0.15, 0.2) is 28.7 Å². The minimum absolute atomic E-state index is 0.124. The fourth-order valence-electron chi connectivity index (χ4n) is 2.45. The number of aryl methyl sites for hydroxylation is 3. The predicted molar refractivity (Wildman–Crippen MR) is 95.7 cm³/mol. The number of hydrogen-bond donors (Lipinski definition) is 3. The SMILES string of the molecule is Cc1cc2nc(-c3cc(NC(N)=S)cc(C)c3O)oc2cc1C. The van der Waals surface area contributed by atoms with Gasteiger partial charge >= 0.3 is 0 Å². The molecule has 0 aliphatic rings. The number of fused-ring (bicyclic) bond motifs is 1. The maximum Gasteiger partial charge on any atom is 0.231 e. The Hall–Kier alpha value is -2.60. The summed E-state index contributed by atoms with van der Waals surface area (Å²) in [4.78, 5) is 4.49. The molecule has 0 spiro atoms. The monoisotopic (exact) mass is 327 g/mol. The van der Waals surface area contributed by atoms with Crippen molar-refractivity contribution in [2.45, 2.75) is 20.8 Å². The van der Waals surface area contributed by atoms with Crippen LogP contribution < -0.4 is 11.1 Å². The van der Waals surface area contributed by atoms with Gasteiger partial charge in [-0.05, 0) is 73.9 Å². The highest BCUT2D eigenvalue weighted by Crippen LogP contribution is 2.36. The number of oxazole rings is 1. The van der Waals surface area contributed by atoms with Gasteiger partial charge in [0, 0.05) is 5.69 Å². The molecule has 0 aliphatic heterocycles. The van der Waals surface area contributed by atoms with Gasteiger partial charge in [-0.2, -0.15) is 0 Å². The van der Waals surface area contributed by atoms with Crippen molar-refractivity contribution < 1.29 is 9.52 Å². The molecule has 23 heavy (non-hydrogen) atoms. The van der Waals surface area contributed by atoms with Crippen molar-refractivity contribution in [1.29, 1.82) is 0 Å². The molecule has 0 bridgehead atoms. The second-order valence-electron chi connectivity index (χ2n) is 5.60. The van der Waals surface area contributed by atoms with Crippen LogP contribution in [0.5, 0.6) is 5.75 Å². The fourth-order valence-corrected chi connectivity index (χ4v) is 2.57. The number of nitrogens with two attached hydrogens (primary N) is 1. The van der Waals surface area contributed by atoms with Crippen LogP contribution in [0.3, 0.4) is 0 Å². The van der Waals surface area contributed by atoms with Crippen LogP contribution in [0.25, 0.3) is 22.6 Å². The van der Waals surface area contributed by atoms with Crippen molar-refractivity contribution in [2.75, 3.05) is 5.32 Å². The summed E-state index contributed by atoms with van der Waals surface area (Å²) in [6.07, 6.45) is 0. The molecule has 2 aromatic carbocycles. The molecule has 0 atom stereocenters. The molecule has 0 fully saturated rings. The van der Waals surface area contributed by atoms with E-state index >= 15 is 0 Å². The van der Waals surface area contributed by atoms with Gasteiger partial charge in [0.1, 0.15) is 11.3 Å². The number of rotatable bonds is 2. The van der Waals surface area contributed by atoms with E-state index in [1.807, 2.05) is 26.0 Å². The number of nitrogens with zero attached hydrogens (tertiary/aromatic N) is 1. The van der Waals surface area contributed by atoms with E-state index in [0.717, 1.165) is 16.6 Å². The van der Waals surface area contributed by atoms with E-state index in [2.05, 4.69) is 10.3 Å². The predicted octanol–water partition coefficient (Wildman–Crippen LogP) is 3.78. The van der Waals surface area contributed by atoms with E-state index in [4.69, 9.17) is 22.4 Å². The summed E-state index contributed by atoms with van der Waals surface area (Å²) in [5.74, 6) is 0.482. The molecular weight excluding hydrogens is 310 g/mol. The van der Waals surface area contributed by atoms with Gasteiger partial charge < -0.3 is 20.6 Å². The molecule has 0 aliphatic carbocycles. The molecule has 0 amide bonds. The molecule has 118 valence electrons. The lowest BCUT2D eigenvalue weighted by Gasteiger charge is -2.09. The van der Waals surface area contributed by atoms with Gasteiger partial charge in [-0.25, -0.2) is 4.98 Å². The Bertz CT molecular complexity index is 892. The summed E-state index contributed by atoms with van der Waals surface area (Å²) in [5, 5.41) is 13.4. The lowest BCUT2D eigenvalue weighted by Crippen LogP contribution is -2.18. The van der Waals surface area contributed by atoms with E-state index in [1.165, 1.54) is 0 Å². The summed E-state index contributed by atoms with van der Waals surface area (Å²) >= 11 is 4.86. The molecule has 5 nitrogen and oxygen atoms in total. The largest absolute Gasteiger partial charge is 0.507 e. The third-order valence-corrected chi connectivity index (χ3v) is 3.90. The first-order valence-corrected chi connectivity index (χ1v) is 7.54. The van der Waals surface area contributed by atoms with Crippen molar-refractivity contribution >= 4 is 34.1 Å². The number of aromatic nitrogens is 1. The van der Waals surface area contributed by atoms with Gasteiger partial charge in [-0.1, -0.05) is 0 Å². The number of benzene rings is 2. The zero-order valence-electron chi connectivity index (χ0n) is 13.1. The first-order chi connectivity index (χ1) is 10.8. The highest BCUT2D eigenvalue weighted by atomic mass is 32.1. The minimum atomic E-state index is 0.124. The number of nitrogens with one attached hydrogen (secondary N) is 1. The molecule has 1 aromatic heterocycles. The van der Waals surface area contributed by atoms with Gasteiger partial charge in [-0.15, -0.1) is 0 Å². The Balaban J connectivity index is 2.17. The molecule has 0 saturated heterocycles. The number of anilines is 1. The smallest absolute Gasteiger partial charge is 0.231 e. The minimum Gasteiger partial charge on any atom is -0.507 e. The van der Waals surface area contributed by atoms with Crippen LogP contribution in [0.2, 0.25) is 0 Å². The Labute approximate surface area is 139 Å². The standard InChI is InChI=1S/C17H17N3O2S/c1-8-5-13-14(6-9(8)2)22-16(20-13)12-7-11(19-17(18)23)4-10(3)15(12)21/h4-7,21H,1-3H3,(H3,18,19,23). The fraction of sp³-hybridized carbons (Fsp3) is 0.176. The first-order valence-electron chi connectivity index (χ1n) is 7.13. The highest BCUT2D eigenvalue weighted by molar-refractivity contribution is 7.80. The van der Waals surface area contributed by atoms with Crippen molar-refractivity contribution in [3.05, 3.63) is 41.0 Å². The first kappa shape index (κ1) is 15.3. The van der Waals surface area contributed by atoms with E-state index in [0.29, 0.717) is 28.3 Å². The van der Waals surface area contributed by atoms with Crippen LogP contribution in [0, 0.1) is 20.8 Å². The summed E-state index contributed by atoms with van der Waals surface area (Å²) in [5.41, 5.74) is 11.1. The molecule has 1 heterocycles. The second kappa shape index (κ2) is 5.55. The number of phenolic OH excluding ortho intramolecular Hbond substituents is 1. The topological polar surface area (TPSA) is 84.3 Å². The normalized spacial score (nSPS) is 10.9. The highest BCUT2D eigenvalue weighted by Gasteiger charge is 2.16.